The number of nitrogens with zero attached hydrogens (tertiary/aromatic N) is 1. The van der Waals surface area contributed by atoms with Crippen LogP contribution in [0, 0.1) is 11.8 Å². The third kappa shape index (κ3) is 3.96. The molecule has 3 atom stereocenters. The average molecular weight is 238 g/mol. The molecule has 0 bridgehead atoms. The molecule has 0 aromatic rings. The minimum absolute atomic E-state index is 0.811. The van der Waals surface area contributed by atoms with Crippen molar-refractivity contribution in [2.45, 2.75) is 58.4 Å². The molecule has 1 N–H and O–H groups in total. The standard InChI is InChI=1S/C15H30N2/c1-3-17(15-8-5-9-16-11-15)12-14-7-4-6-13(2)10-14/h13-16H,3-12H2,1-2H3. The van der Waals surface area contributed by atoms with E-state index in [1.807, 2.05) is 0 Å². The second-order valence-electron chi connectivity index (χ2n) is 6.23. The van der Waals surface area contributed by atoms with Gasteiger partial charge in [0.2, 0.25) is 0 Å². The van der Waals surface area contributed by atoms with E-state index in [1.165, 1.54) is 64.7 Å². The Morgan fingerprint density at radius 3 is 2.71 bits per heavy atom. The molecule has 1 aliphatic heterocycles. The minimum atomic E-state index is 0.811. The molecule has 0 aromatic heterocycles. The molecule has 100 valence electrons. The molecule has 0 radical (unpaired) electrons. The highest BCUT2D eigenvalue weighted by Crippen LogP contribution is 2.29. The van der Waals surface area contributed by atoms with E-state index >= 15 is 0 Å². The van der Waals surface area contributed by atoms with Gasteiger partial charge in [-0.1, -0.05) is 26.7 Å². The van der Waals surface area contributed by atoms with Crippen LogP contribution in [0.1, 0.15) is 52.4 Å². The van der Waals surface area contributed by atoms with E-state index in [4.69, 9.17) is 0 Å². The molecule has 1 saturated carbocycles. The summed E-state index contributed by atoms with van der Waals surface area (Å²) in [7, 11) is 0. The van der Waals surface area contributed by atoms with Crippen LogP contribution in [0.25, 0.3) is 0 Å². The maximum atomic E-state index is 3.55. The van der Waals surface area contributed by atoms with E-state index in [-0.39, 0.29) is 0 Å². The first kappa shape index (κ1) is 13.4. The van der Waals surface area contributed by atoms with Crippen LogP contribution in [0.4, 0.5) is 0 Å². The molecular weight excluding hydrogens is 208 g/mol. The van der Waals surface area contributed by atoms with Gasteiger partial charge in [0.1, 0.15) is 0 Å². The van der Waals surface area contributed by atoms with Gasteiger partial charge in [0, 0.05) is 19.1 Å². The van der Waals surface area contributed by atoms with Crippen molar-refractivity contribution in [1.82, 2.24) is 10.2 Å². The van der Waals surface area contributed by atoms with Crippen LogP contribution in [0.2, 0.25) is 0 Å². The smallest absolute Gasteiger partial charge is 0.0221 e. The molecule has 17 heavy (non-hydrogen) atoms. The van der Waals surface area contributed by atoms with Gasteiger partial charge in [-0.15, -0.1) is 0 Å². The lowest BCUT2D eigenvalue weighted by Crippen LogP contribution is -2.47. The maximum absolute atomic E-state index is 3.55. The summed E-state index contributed by atoms with van der Waals surface area (Å²) in [5.74, 6) is 1.94. The highest BCUT2D eigenvalue weighted by molar-refractivity contribution is 4.81. The minimum Gasteiger partial charge on any atom is -0.315 e. The summed E-state index contributed by atoms with van der Waals surface area (Å²) in [6, 6.07) is 0.811. The lowest BCUT2D eigenvalue weighted by molar-refractivity contribution is 0.125. The predicted octanol–water partition coefficient (Wildman–Crippen LogP) is 2.89. The summed E-state index contributed by atoms with van der Waals surface area (Å²) >= 11 is 0. The second-order valence-corrected chi connectivity index (χ2v) is 6.23. The summed E-state index contributed by atoms with van der Waals surface area (Å²) in [5, 5.41) is 3.55. The Morgan fingerprint density at radius 2 is 2.06 bits per heavy atom. The highest BCUT2D eigenvalue weighted by Gasteiger charge is 2.25. The van der Waals surface area contributed by atoms with Crippen molar-refractivity contribution in [1.29, 1.82) is 0 Å². The highest BCUT2D eigenvalue weighted by atomic mass is 15.2. The topological polar surface area (TPSA) is 15.3 Å². The van der Waals surface area contributed by atoms with Crippen LogP contribution in [0.3, 0.4) is 0 Å². The van der Waals surface area contributed by atoms with E-state index in [9.17, 15) is 0 Å². The normalized spacial score (nSPS) is 35.1. The Labute approximate surface area is 107 Å². The monoisotopic (exact) mass is 238 g/mol. The first-order chi connectivity index (χ1) is 8.29. The predicted molar refractivity (Wildman–Crippen MR) is 74.3 cm³/mol. The van der Waals surface area contributed by atoms with E-state index in [0.717, 1.165) is 17.9 Å². The zero-order valence-corrected chi connectivity index (χ0v) is 11.8. The van der Waals surface area contributed by atoms with Crippen LogP contribution < -0.4 is 5.32 Å². The summed E-state index contributed by atoms with van der Waals surface area (Å²) < 4.78 is 0. The Hall–Kier alpha value is -0.0800. The van der Waals surface area contributed by atoms with Crippen molar-refractivity contribution in [3.63, 3.8) is 0 Å². The van der Waals surface area contributed by atoms with E-state index in [1.54, 1.807) is 0 Å². The van der Waals surface area contributed by atoms with Crippen LogP contribution in [0.5, 0.6) is 0 Å². The lowest BCUT2D eigenvalue weighted by atomic mass is 9.82. The number of piperidine rings is 1. The fourth-order valence-electron chi connectivity index (χ4n) is 3.74. The molecule has 1 saturated heterocycles. The number of hydrogen-bond donors (Lipinski definition) is 1. The van der Waals surface area contributed by atoms with Crippen LogP contribution in [0.15, 0.2) is 0 Å². The van der Waals surface area contributed by atoms with Crippen LogP contribution >= 0.6 is 0 Å². The van der Waals surface area contributed by atoms with E-state index in [2.05, 4.69) is 24.1 Å². The molecule has 0 amide bonds. The summed E-state index contributed by atoms with van der Waals surface area (Å²) in [6.45, 7) is 9.81. The van der Waals surface area contributed by atoms with Gasteiger partial charge < -0.3 is 5.32 Å². The third-order valence-corrected chi connectivity index (χ3v) is 4.73. The quantitative estimate of drug-likeness (QED) is 0.810. The van der Waals surface area contributed by atoms with Gasteiger partial charge >= 0.3 is 0 Å². The van der Waals surface area contributed by atoms with Crippen molar-refractivity contribution >= 4 is 0 Å². The Balaban J connectivity index is 1.81. The lowest BCUT2D eigenvalue weighted by Gasteiger charge is -2.38. The maximum Gasteiger partial charge on any atom is 0.0221 e. The fraction of sp³-hybridized carbons (Fsp3) is 1.00. The molecule has 1 aliphatic carbocycles. The number of rotatable bonds is 4. The summed E-state index contributed by atoms with van der Waals surface area (Å²) in [6.07, 6.45) is 8.64. The first-order valence-electron chi connectivity index (χ1n) is 7.74. The number of nitrogens with one attached hydrogen (secondary N) is 1. The van der Waals surface area contributed by atoms with Gasteiger partial charge in [-0.2, -0.15) is 0 Å². The Bertz CT molecular complexity index is 211. The molecule has 1 heterocycles. The van der Waals surface area contributed by atoms with Crippen molar-refractivity contribution in [2.24, 2.45) is 11.8 Å². The second kappa shape index (κ2) is 6.75. The molecule has 0 aromatic carbocycles. The zero-order chi connectivity index (χ0) is 12.1. The SMILES string of the molecule is CCN(CC1CCCC(C)C1)C1CCCNC1. The van der Waals surface area contributed by atoms with Gasteiger partial charge in [0.25, 0.3) is 0 Å². The molecule has 2 rings (SSSR count). The number of hydrogen-bond acceptors (Lipinski definition) is 2. The van der Waals surface area contributed by atoms with Crippen LogP contribution in [-0.2, 0) is 0 Å². The molecular formula is C15H30N2. The van der Waals surface area contributed by atoms with Gasteiger partial charge in [-0.3, -0.25) is 4.90 Å². The average Bonchev–Trinajstić information content (AvgIpc) is 2.37. The van der Waals surface area contributed by atoms with Gasteiger partial charge in [0.05, 0.1) is 0 Å². The van der Waals surface area contributed by atoms with Crippen molar-refractivity contribution < 1.29 is 0 Å². The van der Waals surface area contributed by atoms with E-state index in [0.29, 0.717) is 0 Å². The van der Waals surface area contributed by atoms with Gasteiger partial charge in [0.15, 0.2) is 0 Å². The number of likely N-dealkylation sites (N-methyl/N-ethyl adjacent to an activating group) is 1. The fourth-order valence-corrected chi connectivity index (χ4v) is 3.74. The Kier molecular flexibility index (Phi) is 5.30. The first-order valence-corrected chi connectivity index (χ1v) is 7.74. The zero-order valence-electron chi connectivity index (χ0n) is 11.8. The molecule has 3 unspecified atom stereocenters. The van der Waals surface area contributed by atoms with Gasteiger partial charge in [-0.05, 0) is 50.6 Å². The van der Waals surface area contributed by atoms with Crippen molar-refractivity contribution in [2.75, 3.05) is 26.2 Å². The Morgan fingerprint density at radius 1 is 1.18 bits per heavy atom. The molecule has 2 nitrogen and oxygen atoms in total. The van der Waals surface area contributed by atoms with Crippen molar-refractivity contribution in [3.8, 4) is 0 Å². The molecule has 2 fully saturated rings. The molecule has 2 aliphatic rings. The van der Waals surface area contributed by atoms with E-state index < -0.39 is 0 Å². The molecule has 2 heteroatoms. The van der Waals surface area contributed by atoms with Gasteiger partial charge in [-0.25, -0.2) is 0 Å². The van der Waals surface area contributed by atoms with Crippen molar-refractivity contribution in [3.05, 3.63) is 0 Å². The molecule has 0 spiro atoms. The van der Waals surface area contributed by atoms with Crippen LogP contribution in [-0.4, -0.2) is 37.1 Å². The summed E-state index contributed by atoms with van der Waals surface area (Å²) in [4.78, 5) is 2.74. The largest absolute Gasteiger partial charge is 0.315 e. The third-order valence-electron chi connectivity index (χ3n) is 4.73. The summed E-state index contributed by atoms with van der Waals surface area (Å²) in [5.41, 5.74) is 0.